The summed E-state index contributed by atoms with van der Waals surface area (Å²) in [4.78, 5) is 14.8. The molecule has 6 nitrogen and oxygen atoms in total. The molecular weight excluding hydrogens is 424 g/mol. The average molecular weight is 451 g/mol. The fourth-order valence-electron chi connectivity index (χ4n) is 4.84. The normalized spacial score (nSPS) is 25.5. The number of piperazine rings is 1. The van der Waals surface area contributed by atoms with Crippen LogP contribution in [-0.4, -0.2) is 60.4 Å². The summed E-state index contributed by atoms with van der Waals surface area (Å²) in [6.45, 7) is 1.62. The van der Waals surface area contributed by atoms with Gasteiger partial charge in [-0.2, -0.15) is 4.31 Å². The minimum atomic E-state index is -3.79. The van der Waals surface area contributed by atoms with Crippen LogP contribution in [0.4, 0.5) is 0 Å². The third-order valence-corrected chi connectivity index (χ3v) is 8.70. The van der Waals surface area contributed by atoms with Crippen molar-refractivity contribution in [2.45, 2.75) is 42.7 Å². The lowest BCUT2D eigenvalue weighted by atomic mass is 9.74. The molecule has 3 atom stereocenters. The number of aryl methyl sites for hydroxylation is 1. The van der Waals surface area contributed by atoms with Gasteiger partial charge in [0.15, 0.2) is 0 Å². The SMILES string of the molecule is Cc1ccccc1S(=O)(=O)N1CC(=O)N2[C@H](CO)[C@@H](c3ccc(C#CC4CC4)cc3)[C@H]2C1. The van der Waals surface area contributed by atoms with E-state index >= 15 is 0 Å². The number of nitrogens with zero attached hydrogens (tertiary/aromatic N) is 2. The molecule has 2 aromatic carbocycles. The van der Waals surface area contributed by atoms with Gasteiger partial charge in [0, 0.05) is 23.9 Å². The number of hydrogen-bond acceptors (Lipinski definition) is 4. The lowest BCUT2D eigenvalue weighted by molar-refractivity contribution is -0.158. The van der Waals surface area contributed by atoms with Crippen LogP contribution in [0.1, 0.15) is 35.4 Å². The fourth-order valence-corrected chi connectivity index (χ4v) is 6.47. The summed E-state index contributed by atoms with van der Waals surface area (Å²) >= 11 is 0. The van der Waals surface area contributed by atoms with E-state index in [4.69, 9.17) is 0 Å². The van der Waals surface area contributed by atoms with Gasteiger partial charge in [0.2, 0.25) is 15.9 Å². The molecule has 0 spiro atoms. The molecule has 2 aliphatic heterocycles. The van der Waals surface area contributed by atoms with E-state index in [0.717, 1.165) is 11.1 Å². The van der Waals surface area contributed by atoms with E-state index < -0.39 is 10.0 Å². The molecule has 1 saturated carbocycles. The van der Waals surface area contributed by atoms with Gasteiger partial charge >= 0.3 is 0 Å². The lowest BCUT2D eigenvalue weighted by Crippen LogP contribution is -2.73. The third-order valence-electron chi connectivity index (χ3n) is 6.73. The zero-order chi connectivity index (χ0) is 22.5. The van der Waals surface area contributed by atoms with Crippen LogP contribution in [0.15, 0.2) is 53.4 Å². The highest BCUT2D eigenvalue weighted by atomic mass is 32.2. The van der Waals surface area contributed by atoms with E-state index in [2.05, 4.69) is 11.8 Å². The minimum Gasteiger partial charge on any atom is -0.394 e. The number of sulfonamides is 1. The van der Waals surface area contributed by atoms with Crippen molar-refractivity contribution < 1.29 is 18.3 Å². The highest BCUT2D eigenvalue weighted by Gasteiger charge is 2.55. The van der Waals surface area contributed by atoms with E-state index in [1.807, 2.05) is 24.3 Å². The van der Waals surface area contributed by atoms with Gasteiger partial charge in [0.25, 0.3) is 0 Å². The number of carbonyl (C=O) groups excluding carboxylic acids is 1. The standard InChI is InChI=1S/C25H26N2O4S/c1-17-4-2-3-5-23(17)32(30,31)26-14-21-25(22(16-28)27(21)24(29)15-26)20-12-10-19(11-13-20)9-8-18-6-7-18/h2-5,10-13,18,21-22,25,28H,6-7,14-16H2,1H3/t21-,22-,25+/m1/s1. The summed E-state index contributed by atoms with van der Waals surface area (Å²) in [7, 11) is -3.79. The first-order chi connectivity index (χ1) is 15.4. The number of fused-ring (bicyclic) bond motifs is 1. The molecular formula is C25H26N2O4S. The van der Waals surface area contributed by atoms with Crippen LogP contribution in [0.2, 0.25) is 0 Å². The number of aliphatic hydroxyl groups is 1. The first-order valence-electron chi connectivity index (χ1n) is 11.0. The van der Waals surface area contributed by atoms with Gasteiger partial charge in [0.05, 0.1) is 30.1 Å². The smallest absolute Gasteiger partial charge is 0.243 e. The molecule has 32 heavy (non-hydrogen) atoms. The Morgan fingerprint density at radius 2 is 1.81 bits per heavy atom. The summed E-state index contributed by atoms with van der Waals surface area (Å²) in [5.74, 6) is 6.59. The van der Waals surface area contributed by atoms with E-state index in [0.29, 0.717) is 11.5 Å². The van der Waals surface area contributed by atoms with Gasteiger partial charge in [-0.05, 0) is 49.1 Å². The average Bonchev–Trinajstić information content (AvgIpc) is 3.59. The zero-order valence-electron chi connectivity index (χ0n) is 17.9. The molecule has 5 rings (SSSR count). The summed E-state index contributed by atoms with van der Waals surface area (Å²) in [6, 6.07) is 14.1. The number of amides is 1. The second-order valence-electron chi connectivity index (χ2n) is 8.87. The second kappa shape index (κ2) is 8.04. The number of carbonyl (C=O) groups is 1. The van der Waals surface area contributed by atoms with Crippen molar-refractivity contribution in [3.8, 4) is 11.8 Å². The molecule has 0 radical (unpaired) electrons. The molecule has 0 bridgehead atoms. The van der Waals surface area contributed by atoms with Crippen LogP contribution in [0.3, 0.4) is 0 Å². The minimum absolute atomic E-state index is 0.121. The molecule has 1 amide bonds. The Labute approximate surface area is 188 Å². The maximum Gasteiger partial charge on any atom is 0.243 e. The Kier molecular flexibility index (Phi) is 5.32. The van der Waals surface area contributed by atoms with Crippen molar-refractivity contribution in [2.24, 2.45) is 5.92 Å². The number of benzene rings is 2. The van der Waals surface area contributed by atoms with Gasteiger partial charge in [-0.3, -0.25) is 4.79 Å². The van der Waals surface area contributed by atoms with E-state index in [1.165, 1.54) is 17.1 Å². The number of aliphatic hydroxyl groups excluding tert-OH is 1. The molecule has 2 heterocycles. The van der Waals surface area contributed by atoms with Crippen LogP contribution in [-0.2, 0) is 14.8 Å². The van der Waals surface area contributed by atoms with E-state index in [-0.39, 0.29) is 48.5 Å². The van der Waals surface area contributed by atoms with Crippen LogP contribution in [0, 0.1) is 24.7 Å². The Morgan fingerprint density at radius 3 is 2.47 bits per heavy atom. The van der Waals surface area contributed by atoms with Gasteiger partial charge in [-0.1, -0.05) is 42.2 Å². The molecule has 1 N–H and O–H groups in total. The number of rotatable bonds is 4. The molecule has 2 aromatic rings. The first kappa shape index (κ1) is 21.2. The summed E-state index contributed by atoms with van der Waals surface area (Å²) in [5, 5.41) is 9.97. The molecule has 3 aliphatic rings. The molecule has 1 aliphatic carbocycles. The monoisotopic (exact) mass is 450 g/mol. The van der Waals surface area contributed by atoms with Crippen molar-refractivity contribution in [1.82, 2.24) is 9.21 Å². The quantitative estimate of drug-likeness (QED) is 0.724. The lowest BCUT2D eigenvalue weighted by Gasteiger charge is -2.58. The third kappa shape index (κ3) is 3.62. The Bertz CT molecular complexity index is 1210. The molecule has 0 unspecified atom stereocenters. The Hall–Kier alpha value is -2.66. The Morgan fingerprint density at radius 1 is 1.09 bits per heavy atom. The predicted molar refractivity (Wildman–Crippen MR) is 120 cm³/mol. The molecule has 0 aromatic heterocycles. The van der Waals surface area contributed by atoms with Crippen molar-refractivity contribution in [2.75, 3.05) is 19.7 Å². The van der Waals surface area contributed by atoms with Crippen LogP contribution in [0.5, 0.6) is 0 Å². The second-order valence-corrected chi connectivity index (χ2v) is 10.8. The zero-order valence-corrected chi connectivity index (χ0v) is 18.8. The van der Waals surface area contributed by atoms with E-state index in [9.17, 15) is 18.3 Å². The van der Waals surface area contributed by atoms with Crippen molar-refractivity contribution in [3.63, 3.8) is 0 Å². The van der Waals surface area contributed by atoms with Gasteiger partial charge < -0.3 is 10.0 Å². The molecule has 166 valence electrons. The summed E-state index contributed by atoms with van der Waals surface area (Å²) < 4.78 is 27.9. The van der Waals surface area contributed by atoms with Gasteiger partial charge in [-0.15, -0.1) is 0 Å². The molecule has 3 fully saturated rings. The van der Waals surface area contributed by atoms with Crippen LogP contribution >= 0.6 is 0 Å². The highest BCUT2D eigenvalue weighted by Crippen LogP contribution is 2.43. The van der Waals surface area contributed by atoms with Crippen molar-refractivity contribution >= 4 is 15.9 Å². The Balaban J connectivity index is 1.41. The van der Waals surface area contributed by atoms with Crippen molar-refractivity contribution in [1.29, 1.82) is 0 Å². The molecule has 2 saturated heterocycles. The topological polar surface area (TPSA) is 77.9 Å². The van der Waals surface area contributed by atoms with Crippen molar-refractivity contribution in [3.05, 3.63) is 65.2 Å². The first-order valence-corrected chi connectivity index (χ1v) is 12.4. The van der Waals surface area contributed by atoms with Gasteiger partial charge in [-0.25, -0.2) is 8.42 Å². The summed E-state index contributed by atoms with van der Waals surface area (Å²) in [5.41, 5.74) is 2.59. The largest absolute Gasteiger partial charge is 0.394 e. The summed E-state index contributed by atoms with van der Waals surface area (Å²) in [6.07, 6.45) is 2.36. The highest BCUT2D eigenvalue weighted by molar-refractivity contribution is 7.89. The van der Waals surface area contributed by atoms with Gasteiger partial charge in [0.1, 0.15) is 0 Å². The maximum atomic E-state index is 13.3. The van der Waals surface area contributed by atoms with Crippen LogP contribution < -0.4 is 0 Å². The predicted octanol–water partition coefficient (Wildman–Crippen LogP) is 2.12. The van der Waals surface area contributed by atoms with Crippen LogP contribution in [0.25, 0.3) is 0 Å². The fraction of sp³-hybridized carbons (Fsp3) is 0.400. The number of hydrogen-bond donors (Lipinski definition) is 1. The van der Waals surface area contributed by atoms with E-state index in [1.54, 1.807) is 36.1 Å². The maximum absolute atomic E-state index is 13.3. The molecule has 7 heteroatoms.